The maximum atomic E-state index is 3.88. The molecule has 0 aromatic heterocycles. The quantitative estimate of drug-likeness (QED) is 0.708. The van der Waals surface area contributed by atoms with Crippen LogP contribution in [0.15, 0.2) is 0 Å². The van der Waals surface area contributed by atoms with Gasteiger partial charge in [-0.25, -0.2) is 0 Å². The van der Waals surface area contributed by atoms with Crippen molar-refractivity contribution in [2.24, 2.45) is 46.3 Å². The molecule has 0 aliphatic heterocycles. The highest BCUT2D eigenvalue weighted by Gasteiger charge is 2.56. The van der Waals surface area contributed by atoms with Crippen molar-refractivity contribution in [1.82, 2.24) is 10.6 Å². The normalized spacial score (nSPS) is 47.6. The predicted molar refractivity (Wildman–Crippen MR) is 102 cm³/mol. The van der Waals surface area contributed by atoms with Crippen LogP contribution in [-0.4, -0.2) is 25.7 Å². The molecule has 2 nitrogen and oxygen atoms in total. The Labute approximate surface area is 149 Å². The van der Waals surface area contributed by atoms with E-state index in [0.717, 1.165) is 54.6 Å². The van der Waals surface area contributed by atoms with Gasteiger partial charge in [-0.05, 0) is 85.0 Å². The van der Waals surface area contributed by atoms with Gasteiger partial charge in [0.25, 0.3) is 0 Å². The summed E-state index contributed by atoms with van der Waals surface area (Å²) in [6, 6.07) is 0.768. The summed E-state index contributed by atoms with van der Waals surface area (Å²) in [7, 11) is 0. The zero-order valence-corrected chi connectivity index (χ0v) is 16.7. The van der Waals surface area contributed by atoms with E-state index in [-0.39, 0.29) is 0 Å². The van der Waals surface area contributed by atoms with Crippen LogP contribution in [0.2, 0.25) is 0 Å². The molecule has 0 heterocycles. The Morgan fingerprint density at radius 3 is 2.17 bits per heavy atom. The van der Waals surface area contributed by atoms with Gasteiger partial charge in [0.1, 0.15) is 0 Å². The maximum Gasteiger partial charge on any atom is 0.00989 e. The minimum absolute atomic E-state index is 0.615. The first-order valence-corrected chi connectivity index (χ1v) is 10.8. The molecule has 6 fully saturated rings. The van der Waals surface area contributed by atoms with E-state index in [0.29, 0.717) is 10.8 Å². The Balaban J connectivity index is 1.15. The van der Waals surface area contributed by atoms with Gasteiger partial charge in [0, 0.05) is 19.1 Å². The number of hydrogen-bond donors (Lipinski definition) is 2. The van der Waals surface area contributed by atoms with Crippen molar-refractivity contribution in [2.45, 2.75) is 72.8 Å². The summed E-state index contributed by atoms with van der Waals surface area (Å²) in [5.41, 5.74) is 1.25. The molecular formula is C22H40N2. The molecule has 0 aromatic rings. The molecule has 6 saturated carbocycles. The first-order chi connectivity index (χ1) is 11.3. The Bertz CT molecular complexity index is 467. The van der Waals surface area contributed by atoms with Crippen molar-refractivity contribution in [3.8, 4) is 0 Å². The van der Waals surface area contributed by atoms with E-state index in [9.17, 15) is 0 Å². The van der Waals surface area contributed by atoms with E-state index in [1.807, 2.05) is 0 Å². The first kappa shape index (κ1) is 17.3. The summed E-state index contributed by atoms with van der Waals surface area (Å²) in [4.78, 5) is 0. The highest BCUT2D eigenvalue weighted by molar-refractivity contribution is 5.07. The Hall–Kier alpha value is -0.0800. The summed E-state index contributed by atoms with van der Waals surface area (Å²) in [6.07, 6.45) is 7.36. The fourth-order valence-electron chi connectivity index (χ4n) is 7.26. The molecule has 6 aliphatic carbocycles. The van der Waals surface area contributed by atoms with Crippen LogP contribution >= 0.6 is 0 Å². The Morgan fingerprint density at radius 2 is 1.54 bits per heavy atom. The monoisotopic (exact) mass is 332 g/mol. The van der Waals surface area contributed by atoms with Crippen LogP contribution in [0.5, 0.6) is 0 Å². The molecule has 2 unspecified atom stereocenters. The lowest BCUT2D eigenvalue weighted by atomic mass is 9.45. The van der Waals surface area contributed by atoms with E-state index >= 15 is 0 Å². The van der Waals surface area contributed by atoms with Gasteiger partial charge >= 0.3 is 0 Å². The van der Waals surface area contributed by atoms with E-state index < -0.39 is 0 Å². The molecule has 138 valence electrons. The van der Waals surface area contributed by atoms with Crippen LogP contribution in [0.3, 0.4) is 0 Å². The van der Waals surface area contributed by atoms with Gasteiger partial charge in [0.05, 0.1) is 0 Å². The van der Waals surface area contributed by atoms with Crippen molar-refractivity contribution in [2.75, 3.05) is 19.6 Å². The van der Waals surface area contributed by atoms with Gasteiger partial charge in [-0.1, -0.05) is 34.6 Å². The van der Waals surface area contributed by atoms with Crippen LogP contribution < -0.4 is 10.6 Å². The molecule has 4 bridgehead atoms. The molecule has 0 aromatic carbocycles. The lowest BCUT2D eigenvalue weighted by Crippen LogP contribution is -2.60. The Morgan fingerprint density at radius 1 is 0.833 bits per heavy atom. The minimum atomic E-state index is 0.615. The van der Waals surface area contributed by atoms with E-state index in [1.165, 1.54) is 38.6 Å². The summed E-state index contributed by atoms with van der Waals surface area (Å²) in [6.45, 7) is 16.1. The van der Waals surface area contributed by atoms with Gasteiger partial charge < -0.3 is 10.6 Å². The van der Waals surface area contributed by atoms with Crippen molar-refractivity contribution in [3.63, 3.8) is 0 Å². The summed E-state index contributed by atoms with van der Waals surface area (Å²) < 4.78 is 0. The van der Waals surface area contributed by atoms with Crippen molar-refractivity contribution < 1.29 is 0 Å². The van der Waals surface area contributed by atoms with Crippen LogP contribution in [0.4, 0.5) is 0 Å². The van der Waals surface area contributed by atoms with Crippen molar-refractivity contribution in [1.29, 1.82) is 0 Å². The first-order valence-electron chi connectivity index (χ1n) is 10.8. The zero-order valence-electron chi connectivity index (χ0n) is 16.7. The number of rotatable bonds is 6. The standard InChI is InChI=1S/C22H40N2/c1-14-18-11-17(22(18,4)5)12-20(14)24-9-8-23-13-15-6-7-16-10-19(15)21(16,2)3/h14-20,23-24H,6-13H2,1-5H3/t14-,15+,16?,17-,18?,19+,20-/m1/s1. The highest BCUT2D eigenvalue weighted by Crippen LogP contribution is 2.62. The summed E-state index contributed by atoms with van der Waals surface area (Å²) in [5.74, 6) is 5.74. The van der Waals surface area contributed by atoms with Gasteiger partial charge in [-0.2, -0.15) is 0 Å². The highest BCUT2D eigenvalue weighted by atomic mass is 15.0. The smallest absolute Gasteiger partial charge is 0.00989 e. The number of hydrogen-bond acceptors (Lipinski definition) is 2. The topological polar surface area (TPSA) is 24.1 Å². The lowest BCUT2D eigenvalue weighted by Gasteiger charge is -2.62. The van der Waals surface area contributed by atoms with Crippen LogP contribution in [0.25, 0.3) is 0 Å². The molecule has 7 atom stereocenters. The molecule has 0 radical (unpaired) electrons. The van der Waals surface area contributed by atoms with Gasteiger partial charge in [-0.15, -0.1) is 0 Å². The van der Waals surface area contributed by atoms with Gasteiger partial charge in [-0.3, -0.25) is 0 Å². The van der Waals surface area contributed by atoms with Crippen molar-refractivity contribution in [3.05, 3.63) is 0 Å². The van der Waals surface area contributed by atoms with E-state index in [2.05, 4.69) is 45.3 Å². The molecular weight excluding hydrogens is 292 g/mol. The fourth-order valence-corrected chi connectivity index (χ4v) is 7.26. The molecule has 6 aliphatic rings. The van der Waals surface area contributed by atoms with E-state index in [4.69, 9.17) is 0 Å². The molecule has 2 N–H and O–H groups in total. The van der Waals surface area contributed by atoms with E-state index in [1.54, 1.807) is 0 Å². The second-order valence-electron chi connectivity index (χ2n) is 10.9. The molecule has 24 heavy (non-hydrogen) atoms. The predicted octanol–water partition coefficient (Wildman–Crippen LogP) is 4.31. The van der Waals surface area contributed by atoms with Gasteiger partial charge in [0.2, 0.25) is 0 Å². The SMILES string of the molecule is C[C@@H]1C2C[C@H](C[C@H]1NCCNC[C@@H]1CCC3C[C@@H]1C3(C)C)C2(C)C. The second-order valence-corrected chi connectivity index (χ2v) is 10.9. The van der Waals surface area contributed by atoms with Gasteiger partial charge in [0.15, 0.2) is 0 Å². The molecule has 0 saturated heterocycles. The minimum Gasteiger partial charge on any atom is -0.315 e. The lowest BCUT2D eigenvalue weighted by molar-refractivity contribution is -0.115. The molecule has 0 amide bonds. The third-order valence-electron chi connectivity index (χ3n) is 9.47. The van der Waals surface area contributed by atoms with Crippen LogP contribution in [0, 0.1) is 46.3 Å². The van der Waals surface area contributed by atoms with Crippen LogP contribution in [0.1, 0.15) is 66.7 Å². The second kappa shape index (κ2) is 5.98. The van der Waals surface area contributed by atoms with Crippen LogP contribution in [-0.2, 0) is 0 Å². The average molecular weight is 333 g/mol. The zero-order chi connectivity index (χ0) is 17.1. The number of fused-ring (bicyclic) bond motifs is 4. The Kier molecular flexibility index (Phi) is 4.32. The molecule has 6 rings (SSSR count). The number of nitrogens with one attached hydrogen (secondary N) is 2. The maximum absolute atomic E-state index is 3.88. The summed E-state index contributed by atoms with van der Waals surface area (Å²) >= 11 is 0. The fraction of sp³-hybridized carbons (Fsp3) is 1.00. The molecule has 2 heteroatoms. The largest absolute Gasteiger partial charge is 0.315 e. The third-order valence-corrected chi connectivity index (χ3v) is 9.47. The third kappa shape index (κ3) is 2.58. The molecule has 0 spiro atoms. The summed E-state index contributed by atoms with van der Waals surface area (Å²) in [5, 5.41) is 7.66. The van der Waals surface area contributed by atoms with Crippen molar-refractivity contribution >= 4 is 0 Å². The average Bonchev–Trinajstić information content (AvgIpc) is 2.55.